The zero-order chi connectivity index (χ0) is 23.7. The van der Waals surface area contributed by atoms with Gasteiger partial charge in [0.25, 0.3) is 11.8 Å². The number of benzene rings is 2. The maximum absolute atomic E-state index is 13.0. The van der Waals surface area contributed by atoms with Crippen molar-refractivity contribution in [3.8, 4) is 17.1 Å². The first-order chi connectivity index (χ1) is 16.5. The van der Waals surface area contributed by atoms with Crippen molar-refractivity contribution >= 4 is 22.8 Å². The molecule has 170 valence electrons. The summed E-state index contributed by atoms with van der Waals surface area (Å²) in [5, 5.41) is 4.52. The lowest BCUT2D eigenvalue weighted by molar-refractivity contribution is 0.0842. The third-order valence-corrected chi connectivity index (χ3v) is 5.52. The van der Waals surface area contributed by atoms with Gasteiger partial charge in [0.1, 0.15) is 17.2 Å². The van der Waals surface area contributed by atoms with E-state index in [2.05, 4.69) is 25.5 Å². The van der Waals surface area contributed by atoms with Crippen LogP contribution >= 0.6 is 0 Å². The molecule has 0 spiro atoms. The lowest BCUT2D eigenvalue weighted by Gasteiger charge is -2.09. The van der Waals surface area contributed by atoms with Crippen molar-refractivity contribution in [1.29, 1.82) is 0 Å². The number of amides is 2. The number of furan rings is 1. The van der Waals surface area contributed by atoms with E-state index in [0.717, 1.165) is 23.4 Å². The minimum absolute atomic E-state index is 0.241. The molecule has 0 unspecified atom stereocenters. The van der Waals surface area contributed by atoms with Crippen LogP contribution in [0.25, 0.3) is 28.2 Å². The SMILES string of the molecule is CCn1c(C)nc2cc(C(=O)NNC(=O)c3cc(-c4ccco4)nn3-c3ccccc3)ccc21. The second-order valence-corrected chi connectivity index (χ2v) is 7.65. The number of carbonyl (C=O) groups is 2. The average Bonchev–Trinajstić information content (AvgIpc) is 3.60. The number of hydrogen-bond donors (Lipinski definition) is 2. The molecule has 5 aromatic rings. The van der Waals surface area contributed by atoms with Crippen LogP contribution in [0.2, 0.25) is 0 Å². The van der Waals surface area contributed by atoms with E-state index < -0.39 is 11.8 Å². The van der Waals surface area contributed by atoms with E-state index in [1.165, 1.54) is 4.68 Å². The van der Waals surface area contributed by atoms with Crippen molar-refractivity contribution < 1.29 is 14.0 Å². The molecule has 9 nitrogen and oxygen atoms in total. The van der Waals surface area contributed by atoms with Gasteiger partial charge in [0.2, 0.25) is 0 Å². The Labute approximate surface area is 195 Å². The number of nitrogens with zero attached hydrogens (tertiary/aromatic N) is 4. The molecule has 5 rings (SSSR count). The molecule has 2 N–H and O–H groups in total. The van der Waals surface area contributed by atoms with Crippen LogP contribution in [0.5, 0.6) is 0 Å². The molecule has 0 atom stereocenters. The van der Waals surface area contributed by atoms with E-state index in [1.807, 2.05) is 50.2 Å². The molecule has 0 aliphatic rings. The number of imidazole rings is 1. The Morgan fingerprint density at radius 3 is 2.50 bits per heavy atom. The molecule has 0 fully saturated rings. The summed E-state index contributed by atoms with van der Waals surface area (Å²) in [6.45, 7) is 4.76. The first-order valence-corrected chi connectivity index (χ1v) is 10.8. The number of para-hydroxylation sites is 1. The zero-order valence-electron chi connectivity index (χ0n) is 18.6. The van der Waals surface area contributed by atoms with E-state index in [9.17, 15) is 9.59 Å². The van der Waals surface area contributed by atoms with Gasteiger partial charge in [-0.15, -0.1) is 0 Å². The Hall–Kier alpha value is -4.66. The third-order valence-electron chi connectivity index (χ3n) is 5.52. The quantitative estimate of drug-likeness (QED) is 0.392. The third kappa shape index (κ3) is 3.83. The van der Waals surface area contributed by atoms with Gasteiger partial charge in [-0.25, -0.2) is 9.67 Å². The maximum atomic E-state index is 13.0. The fraction of sp³-hybridized carbons (Fsp3) is 0.120. The standard InChI is InChI=1S/C25H22N6O3/c1-3-30-16(2)26-19-14-17(11-12-21(19)30)24(32)27-28-25(33)22-15-20(23-10-7-13-34-23)29-31(22)18-8-5-4-6-9-18/h4-15H,3H2,1-2H3,(H,27,32)(H,28,33). The lowest BCUT2D eigenvalue weighted by Crippen LogP contribution is -2.42. The molecule has 0 bridgehead atoms. The number of hydrazine groups is 1. The molecular weight excluding hydrogens is 432 g/mol. The van der Waals surface area contributed by atoms with Gasteiger partial charge in [0.15, 0.2) is 5.76 Å². The zero-order valence-corrected chi connectivity index (χ0v) is 18.6. The molecule has 0 saturated carbocycles. The smallest absolute Gasteiger partial charge is 0.288 e. The fourth-order valence-electron chi connectivity index (χ4n) is 3.89. The molecule has 34 heavy (non-hydrogen) atoms. The van der Waals surface area contributed by atoms with Gasteiger partial charge in [-0.1, -0.05) is 18.2 Å². The highest BCUT2D eigenvalue weighted by Gasteiger charge is 2.20. The minimum atomic E-state index is -0.519. The molecule has 3 aromatic heterocycles. The Morgan fingerprint density at radius 2 is 1.76 bits per heavy atom. The normalized spacial score (nSPS) is 11.0. The summed E-state index contributed by atoms with van der Waals surface area (Å²) in [6, 6.07) is 19.6. The molecule has 2 aromatic carbocycles. The van der Waals surface area contributed by atoms with Crippen molar-refractivity contribution in [2.75, 3.05) is 0 Å². The minimum Gasteiger partial charge on any atom is -0.463 e. The maximum Gasteiger partial charge on any atom is 0.288 e. The molecule has 0 radical (unpaired) electrons. The van der Waals surface area contributed by atoms with Gasteiger partial charge in [-0.05, 0) is 56.3 Å². The summed E-state index contributed by atoms with van der Waals surface area (Å²) < 4.78 is 9.00. The molecule has 0 aliphatic heterocycles. The number of rotatable bonds is 5. The summed E-state index contributed by atoms with van der Waals surface area (Å²) in [7, 11) is 0. The van der Waals surface area contributed by atoms with Gasteiger partial charge >= 0.3 is 0 Å². The van der Waals surface area contributed by atoms with Gasteiger partial charge in [0, 0.05) is 18.2 Å². The summed E-state index contributed by atoms with van der Waals surface area (Å²) in [4.78, 5) is 30.3. The highest BCUT2D eigenvalue weighted by Crippen LogP contribution is 2.22. The monoisotopic (exact) mass is 454 g/mol. The van der Waals surface area contributed by atoms with Gasteiger partial charge in [-0.2, -0.15) is 5.10 Å². The fourth-order valence-corrected chi connectivity index (χ4v) is 3.89. The molecule has 9 heteroatoms. The predicted octanol–water partition coefficient (Wildman–Crippen LogP) is 3.89. The van der Waals surface area contributed by atoms with Crippen molar-refractivity contribution in [1.82, 2.24) is 30.2 Å². The topological polar surface area (TPSA) is 107 Å². The van der Waals surface area contributed by atoms with E-state index >= 15 is 0 Å². The summed E-state index contributed by atoms with van der Waals surface area (Å²) >= 11 is 0. The van der Waals surface area contributed by atoms with Crippen LogP contribution in [-0.4, -0.2) is 31.1 Å². The molecule has 3 heterocycles. The van der Waals surface area contributed by atoms with E-state index in [4.69, 9.17) is 4.42 Å². The Kier molecular flexibility index (Phi) is 5.43. The Balaban J connectivity index is 1.38. The average molecular weight is 454 g/mol. The van der Waals surface area contributed by atoms with Gasteiger partial charge < -0.3 is 8.98 Å². The number of hydrogen-bond acceptors (Lipinski definition) is 5. The van der Waals surface area contributed by atoms with Gasteiger partial charge in [-0.3, -0.25) is 20.4 Å². The van der Waals surface area contributed by atoms with Crippen LogP contribution in [0.1, 0.15) is 33.6 Å². The van der Waals surface area contributed by atoms with Crippen LogP contribution in [0.3, 0.4) is 0 Å². The Morgan fingerprint density at radius 1 is 0.971 bits per heavy atom. The molecule has 0 aliphatic carbocycles. The summed E-state index contributed by atoms with van der Waals surface area (Å²) in [5.41, 5.74) is 8.48. The lowest BCUT2D eigenvalue weighted by atomic mass is 10.2. The van der Waals surface area contributed by atoms with Crippen LogP contribution < -0.4 is 10.9 Å². The molecule has 0 saturated heterocycles. The highest BCUT2D eigenvalue weighted by atomic mass is 16.3. The van der Waals surface area contributed by atoms with Gasteiger partial charge in [0.05, 0.1) is 23.0 Å². The van der Waals surface area contributed by atoms with Crippen LogP contribution in [0, 0.1) is 6.92 Å². The number of aromatic nitrogens is 4. The highest BCUT2D eigenvalue weighted by molar-refractivity contribution is 6.00. The van der Waals surface area contributed by atoms with E-state index in [-0.39, 0.29) is 5.69 Å². The second-order valence-electron chi connectivity index (χ2n) is 7.65. The predicted molar refractivity (Wildman–Crippen MR) is 126 cm³/mol. The first kappa shape index (κ1) is 21.2. The van der Waals surface area contributed by atoms with Crippen LogP contribution in [0.4, 0.5) is 0 Å². The number of carbonyl (C=O) groups excluding carboxylic acids is 2. The number of nitrogens with one attached hydrogen (secondary N) is 2. The van der Waals surface area contributed by atoms with Crippen molar-refractivity contribution in [3.05, 3.63) is 90.1 Å². The second kappa shape index (κ2) is 8.70. The summed E-state index contributed by atoms with van der Waals surface area (Å²) in [5.74, 6) is 0.443. The number of aryl methyl sites for hydroxylation is 2. The number of fused-ring (bicyclic) bond motifs is 1. The first-order valence-electron chi connectivity index (χ1n) is 10.8. The largest absolute Gasteiger partial charge is 0.463 e. The van der Waals surface area contributed by atoms with Crippen LogP contribution in [-0.2, 0) is 6.54 Å². The van der Waals surface area contributed by atoms with Crippen LogP contribution in [0.15, 0.2) is 77.4 Å². The Bertz CT molecular complexity index is 1480. The molecule has 2 amide bonds. The van der Waals surface area contributed by atoms with E-state index in [1.54, 1.807) is 36.6 Å². The summed E-state index contributed by atoms with van der Waals surface area (Å²) in [6.07, 6.45) is 1.54. The molecular formula is C25H22N6O3. The van der Waals surface area contributed by atoms with Crippen molar-refractivity contribution in [3.63, 3.8) is 0 Å². The van der Waals surface area contributed by atoms with Crippen molar-refractivity contribution in [2.24, 2.45) is 0 Å². The van der Waals surface area contributed by atoms with Crippen molar-refractivity contribution in [2.45, 2.75) is 20.4 Å². The van der Waals surface area contributed by atoms with E-state index in [0.29, 0.717) is 22.7 Å².